The largest absolute Gasteiger partial charge is 0.509 e. The molecule has 2 N–H and O–H groups in total. The lowest BCUT2D eigenvalue weighted by molar-refractivity contribution is 0.0235. The van der Waals surface area contributed by atoms with Crippen molar-refractivity contribution in [1.82, 2.24) is 0 Å². The SMILES string of the molecule is CCCCCOC(=O)OC(N)CC. The Morgan fingerprint density at radius 2 is 2.08 bits per heavy atom. The fourth-order valence-corrected chi connectivity index (χ4v) is 0.749. The first kappa shape index (κ1) is 12.2. The predicted molar refractivity (Wildman–Crippen MR) is 50.2 cm³/mol. The van der Waals surface area contributed by atoms with Crippen LogP contribution in [0.1, 0.15) is 39.5 Å². The van der Waals surface area contributed by atoms with Crippen LogP contribution in [-0.4, -0.2) is 19.0 Å². The van der Waals surface area contributed by atoms with Crippen molar-refractivity contribution in [2.75, 3.05) is 6.61 Å². The molecule has 0 fully saturated rings. The molecule has 0 aliphatic heterocycles. The van der Waals surface area contributed by atoms with E-state index in [2.05, 4.69) is 6.92 Å². The molecule has 0 bridgehead atoms. The maximum atomic E-state index is 10.9. The molecule has 13 heavy (non-hydrogen) atoms. The summed E-state index contributed by atoms with van der Waals surface area (Å²) < 4.78 is 9.47. The van der Waals surface area contributed by atoms with Crippen LogP contribution in [0.2, 0.25) is 0 Å². The maximum absolute atomic E-state index is 10.9. The molecule has 0 aromatic rings. The second-order valence-corrected chi connectivity index (χ2v) is 2.87. The maximum Gasteiger partial charge on any atom is 0.509 e. The molecule has 0 spiro atoms. The number of carbonyl (C=O) groups is 1. The lowest BCUT2D eigenvalue weighted by atomic mass is 10.3. The zero-order valence-electron chi connectivity index (χ0n) is 8.41. The Balaban J connectivity index is 3.30. The molecular formula is C9H19NO3. The Morgan fingerprint density at radius 3 is 2.62 bits per heavy atom. The Bertz CT molecular complexity index is 139. The van der Waals surface area contributed by atoms with E-state index in [0.717, 1.165) is 19.3 Å². The Kier molecular flexibility index (Phi) is 7.39. The van der Waals surface area contributed by atoms with Crippen LogP contribution in [0.25, 0.3) is 0 Å². The highest BCUT2D eigenvalue weighted by molar-refractivity contribution is 5.59. The molecule has 4 nitrogen and oxygen atoms in total. The number of nitrogens with two attached hydrogens (primary N) is 1. The summed E-state index contributed by atoms with van der Waals surface area (Å²) >= 11 is 0. The summed E-state index contributed by atoms with van der Waals surface area (Å²) in [5, 5.41) is 0. The molecule has 0 radical (unpaired) electrons. The Morgan fingerprint density at radius 1 is 1.38 bits per heavy atom. The summed E-state index contributed by atoms with van der Waals surface area (Å²) in [6.07, 6.45) is 2.45. The Hall–Kier alpha value is -0.770. The fourth-order valence-electron chi connectivity index (χ4n) is 0.749. The van der Waals surface area contributed by atoms with Gasteiger partial charge in [-0.3, -0.25) is 5.73 Å². The molecule has 0 aliphatic carbocycles. The molecule has 0 saturated carbocycles. The van der Waals surface area contributed by atoms with Crippen LogP contribution in [0.4, 0.5) is 4.79 Å². The van der Waals surface area contributed by atoms with Gasteiger partial charge in [0, 0.05) is 0 Å². The number of hydrogen-bond acceptors (Lipinski definition) is 4. The first-order valence-corrected chi connectivity index (χ1v) is 4.79. The van der Waals surface area contributed by atoms with E-state index in [4.69, 9.17) is 15.2 Å². The van der Waals surface area contributed by atoms with Crippen LogP contribution in [0.5, 0.6) is 0 Å². The van der Waals surface area contributed by atoms with Gasteiger partial charge in [0.05, 0.1) is 6.61 Å². The Labute approximate surface area is 79.4 Å². The third-order valence-corrected chi connectivity index (χ3v) is 1.62. The monoisotopic (exact) mass is 189 g/mol. The van der Waals surface area contributed by atoms with Crippen molar-refractivity contribution < 1.29 is 14.3 Å². The van der Waals surface area contributed by atoms with Crippen LogP contribution in [0.3, 0.4) is 0 Å². The lowest BCUT2D eigenvalue weighted by Crippen LogP contribution is -2.26. The van der Waals surface area contributed by atoms with E-state index in [9.17, 15) is 4.79 Å². The van der Waals surface area contributed by atoms with Crippen molar-refractivity contribution in [3.63, 3.8) is 0 Å². The van der Waals surface area contributed by atoms with Gasteiger partial charge in [0.25, 0.3) is 0 Å². The van der Waals surface area contributed by atoms with Gasteiger partial charge in [-0.2, -0.15) is 0 Å². The first-order valence-electron chi connectivity index (χ1n) is 4.79. The van der Waals surface area contributed by atoms with Crippen molar-refractivity contribution in [1.29, 1.82) is 0 Å². The lowest BCUT2D eigenvalue weighted by Gasteiger charge is -2.10. The number of rotatable bonds is 6. The third-order valence-electron chi connectivity index (χ3n) is 1.62. The summed E-state index contributed by atoms with van der Waals surface area (Å²) in [5.41, 5.74) is 5.38. The van der Waals surface area contributed by atoms with Gasteiger partial charge in [0.2, 0.25) is 0 Å². The van der Waals surface area contributed by atoms with Gasteiger partial charge in [-0.05, 0) is 12.8 Å². The van der Waals surface area contributed by atoms with Crippen LogP contribution in [0.15, 0.2) is 0 Å². The topological polar surface area (TPSA) is 61.5 Å². The van der Waals surface area contributed by atoms with E-state index in [-0.39, 0.29) is 0 Å². The molecule has 0 aromatic carbocycles. The average molecular weight is 189 g/mol. The van der Waals surface area contributed by atoms with Crippen molar-refractivity contribution in [3.8, 4) is 0 Å². The van der Waals surface area contributed by atoms with E-state index < -0.39 is 12.4 Å². The second kappa shape index (κ2) is 7.86. The van der Waals surface area contributed by atoms with Gasteiger partial charge in [-0.25, -0.2) is 4.79 Å². The molecule has 0 aromatic heterocycles. The standard InChI is InChI=1S/C9H19NO3/c1-3-5-6-7-12-9(11)13-8(10)4-2/h8H,3-7,10H2,1-2H3. The normalized spacial score (nSPS) is 12.2. The van der Waals surface area contributed by atoms with Crippen LogP contribution in [0, 0.1) is 0 Å². The van der Waals surface area contributed by atoms with Crippen LogP contribution in [-0.2, 0) is 9.47 Å². The van der Waals surface area contributed by atoms with Crippen LogP contribution < -0.4 is 5.73 Å². The summed E-state index contributed by atoms with van der Waals surface area (Å²) in [4.78, 5) is 10.9. The third kappa shape index (κ3) is 7.59. The zero-order valence-corrected chi connectivity index (χ0v) is 8.41. The molecule has 1 atom stereocenters. The predicted octanol–water partition coefficient (Wildman–Crippen LogP) is 2.02. The minimum Gasteiger partial charge on any atom is -0.434 e. The molecule has 0 aliphatic rings. The van der Waals surface area contributed by atoms with Gasteiger partial charge in [-0.15, -0.1) is 0 Å². The van der Waals surface area contributed by atoms with E-state index in [1.165, 1.54) is 0 Å². The highest BCUT2D eigenvalue weighted by atomic mass is 16.7. The number of carbonyl (C=O) groups excluding carboxylic acids is 1. The van der Waals surface area contributed by atoms with Gasteiger partial charge in [0.1, 0.15) is 0 Å². The highest BCUT2D eigenvalue weighted by Gasteiger charge is 2.07. The number of hydrogen-bond donors (Lipinski definition) is 1. The van der Waals surface area contributed by atoms with Gasteiger partial charge < -0.3 is 9.47 Å². The summed E-state index contributed by atoms with van der Waals surface area (Å²) in [6.45, 7) is 4.35. The zero-order chi connectivity index (χ0) is 10.1. The van der Waals surface area contributed by atoms with Gasteiger partial charge >= 0.3 is 6.16 Å². The van der Waals surface area contributed by atoms with Crippen LogP contribution >= 0.6 is 0 Å². The summed E-state index contributed by atoms with van der Waals surface area (Å²) in [5.74, 6) is 0. The molecule has 1 unspecified atom stereocenters. The van der Waals surface area contributed by atoms with Crippen molar-refractivity contribution in [2.24, 2.45) is 5.73 Å². The minimum absolute atomic E-state index is 0.420. The van der Waals surface area contributed by atoms with Crippen molar-refractivity contribution >= 4 is 6.16 Å². The van der Waals surface area contributed by atoms with Crippen molar-refractivity contribution in [2.45, 2.75) is 45.8 Å². The average Bonchev–Trinajstić information content (AvgIpc) is 2.12. The summed E-state index contributed by atoms with van der Waals surface area (Å²) in [7, 11) is 0. The van der Waals surface area contributed by atoms with Crippen molar-refractivity contribution in [3.05, 3.63) is 0 Å². The van der Waals surface area contributed by atoms with Gasteiger partial charge in [0.15, 0.2) is 6.23 Å². The quantitative estimate of drug-likeness (QED) is 0.394. The molecule has 78 valence electrons. The van der Waals surface area contributed by atoms with E-state index in [0.29, 0.717) is 13.0 Å². The minimum atomic E-state index is -0.662. The molecule has 0 heterocycles. The number of unbranched alkanes of at least 4 members (excludes halogenated alkanes) is 2. The van der Waals surface area contributed by atoms with E-state index in [1.807, 2.05) is 6.92 Å². The van der Waals surface area contributed by atoms with E-state index in [1.54, 1.807) is 0 Å². The second-order valence-electron chi connectivity index (χ2n) is 2.87. The van der Waals surface area contributed by atoms with Gasteiger partial charge in [-0.1, -0.05) is 26.7 Å². The smallest absolute Gasteiger partial charge is 0.434 e. The fraction of sp³-hybridized carbons (Fsp3) is 0.889. The first-order chi connectivity index (χ1) is 6.20. The molecule has 4 heteroatoms. The molecule has 0 rings (SSSR count). The highest BCUT2D eigenvalue weighted by Crippen LogP contribution is 1.97. The summed E-state index contributed by atoms with van der Waals surface area (Å²) in [6, 6.07) is 0. The molecule has 0 saturated heterocycles. The number of ether oxygens (including phenoxy) is 2. The van der Waals surface area contributed by atoms with E-state index >= 15 is 0 Å². The molecule has 0 amide bonds. The molecular weight excluding hydrogens is 170 g/mol.